The van der Waals surface area contributed by atoms with E-state index in [-0.39, 0.29) is 5.69 Å². The molecule has 0 bridgehead atoms. The normalized spacial score (nSPS) is 10.2. The Balaban J connectivity index is 2.16. The first kappa shape index (κ1) is 13.2. The van der Waals surface area contributed by atoms with E-state index in [9.17, 15) is 10.1 Å². The van der Waals surface area contributed by atoms with Crippen LogP contribution in [0.5, 0.6) is 0 Å². The standard InChI is InChI=1S/C12H11ClN4O2/c1-8-5-15-10(6-14-8)7-16-11-4-9(13)2-3-12(11)17(18)19/h2-6,16H,7H2,1H3. The van der Waals surface area contributed by atoms with Crippen molar-refractivity contribution >= 4 is 23.0 Å². The SMILES string of the molecule is Cc1cnc(CNc2cc(Cl)ccc2[N+](=O)[O-])cn1. The molecule has 1 aromatic heterocycles. The fourth-order valence-electron chi connectivity index (χ4n) is 1.51. The minimum absolute atomic E-state index is 0.0236. The number of hydrogen-bond acceptors (Lipinski definition) is 5. The van der Waals surface area contributed by atoms with Crippen LogP contribution in [0.3, 0.4) is 0 Å². The average Bonchev–Trinajstić information content (AvgIpc) is 2.38. The number of hydrogen-bond donors (Lipinski definition) is 1. The molecule has 2 aromatic rings. The van der Waals surface area contributed by atoms with Gasteiger partial charge in [0.15, 0.2) is 0 Å². The lowest BCUT2D eigenvalue weighted by molar-refractivity contribution is -0.384. The predicted molar refractivity (Wildman–Crippen MR) is 72.2 cm³/mol. The lowest BCUT2D eigenvalue weighted by atomic mass is 10.2. The molecule has 0 saturated heterocycles. The molecule has 0 fully saturated rings. The molecule has 0 unspecified atom stereocenters. The maximum Gasteiger partial charge on any atom is 0.292 e. The summed E-state index contributed by atoms with van der Waals surface area (Å²) < 4.78 is 0. The molecule has 0 atom stereocenters. The Bertz CT molecular complexity index is 601. The zero-order valence-electron chi connectivity index (χ0n) is 10.1. The summed E-state index contributed by atoms with van der Waals surface area (Å²) in [6.45, 7) is 2.18. The van der Waals surface area contributed by atoms with Gasteiger partial charge in [0.05, 0.1) is 29.1 Å². The zero-order chi connectivity index (χ0) is 13.8. The van der Waals surface area contributed by atoms with Gasteiger partial charge in [0.2, 0.25) is 0 Å². The van der Waals surface area contributed by atoms with E-state index in [0.29, 0.717) is 22.9 Å². The second-order valence-electron chi connectivity index (χ2n) is 3.92. The van der Waals surface area contributed by atoms with Gasteiger partial charge in [0.1, 0.15) is 5.69 Å². The minimum Gasteiger partial charge on any atom is -0.374 e. The summed E-state index contributed by atoms with van der Waals surface area (Å²) in [6, 6.07) is 4.36. The first-order valence-corrected chi connectivity index (χ1v) is 5.89. The fraction of sp³-hybridized carbons (Fsp3) is 0.167. The number of rotatable bonds is 4. The van der Waals surface area contributed by atoms with Crippen molar-refractivity contribution in [1.29, 1.82) is 0 Å². The lowest BCUT2D eigenvalue weighted by Crippen LogP contribution is -2.04. The van der Waals surface area contributed by atoms with Gasteiger partial charge in [-0.25, -0.2) is 0 Å². The Morgan fingerprint density at radius 2 is 2.16 bits per heavy atom. The number of nitro benzene ring substituents is 1. The highest BCUT2D eigenvalue weighted by molar-refractivity contribution is 6.31. The molecule has 1 N–H and O–H groups in total. The van der Waals surface area contributed by atoms with Crippen LogP contribution in [-0.2, 0) is 6.54 Å². The largest absolute Gasteiger partial charge is 0.374 e. The van der Waals surface area contributed by atoms with Gasteiger partial charge in [-0.15, -0.1) is 0 Å². The van der Waals surface area contributed by atoms with Crippen LogP contribution in [0.4, 0.5) is 11.4 Å². The van der Waals surface area contributed by atoms with Crippen molar-refractivity contribution in [3.63, 3.8) is 0 Å². The maximum absolute atomic E-state index is 10.9. The Kier molecular flexibility index (Phi) is 3.91. The smallest absolute Gasteiger partial charge is 0.292 e. The summed E-state index contributed by atoms with van der Waals surface area (Å²) in [5, 5.41) is 14.3. The number of halogens is 1. The molecule has 0 spiro atoms. The summed E-state index contributed by atoms with van der Waals surface area (Å²) in [7, 11) is 0. The average molecular weight is 279 g/mol. The van der Waals surface area contributed by atoms with Crippen molar-refractivity contribution in [1.82, 2.24) is 9.97 Å². The van der Waals surface area contributed by atoms with Crippen molar-refractivity contribution in [2.24, 2.45) is 0 Å². The van der Waals surface area contributed by atoms with Gasteiger partial charge in [-0.1, -0.05) is 11.6 Å². The third-order valence-electron chi connectivity index (χ3n) is 2.45. The summed E-state index contributed by atoms with van der Waals surface area (Å²) in [5.41, 5.74) is 1.85. The van der Waals surface area contributed by atoms with E-state index in [4.69, 9.17) is 11.6 Å². The predicted octanol–water partition coefficient (Wildman–Crippen LogP) is 2.96. The molecule has 0 aliphatic rings. The van der Waals surface area contributed by atoms with Crippen LogP contribution in [0, 0.1) is 17.0 Å². The van der Waals surface area contributed by atoms with E-state index >= 15 is 0 Å². The molecule has 19 heavy (non-hydrogen) atoms. The number of anilines is 1. The van der Waals surface area contributed by atoms with Gasteiger partial charge in [0.25, 0.3) is 5.69 Å². The van der Waals surface area contributed by atoms with E-state index in [1.807, 2.05) is 6.92 Å². The highest BCUT2D eigenvalue weighted by atomic mass is 35.5. The Labute approximate surface area is 114 Å². The number of nitrogens with one attached hydrogen (secondary N) is 1. The van der Waals surface area contributed by atoms with Crippen LogP contribution >= 0.6 is 11.6 Å². The van der Waals surface area contributed by atoms with E-state index < -0.39 is 4.92 Å². The molecule has 0 aliphatic heterocycles. The second kappa shape index (κ2) is 5.62. The highest BCUT2D eigenvalue weighted by Gasteiger charge is 2.13. The lowest BCUT2D eigenvalue weighted by Gasteiger charge is -2.07. The Morgan fingerprint density at radius 1 is 1.37 bits per heavy atom. The molecule has 1 aromatic carbocycles. The molecule has 2 rings (SSSR count). The molecule has 0 aliphatic carbocycles. The van der Waals surface area contributed by atoms with Crippen molar-refractivity contribution < 1.29 is 4.92 Å². The van der Waals surface area contributed by atoms with Gasteiger partial charge in [-0.2, -0.15) is 0 Å². The number of nitrogens with zero attached hydrogens (tertiary/aromatic N) is 3. The molecular weight excluding hydrogens is 268 g/mol. The van der Waals surface area contributed by atoms with Gasteiger partial charge in [-0.3, -0.25) is 20.1 Å². The number of nitro groups is 1. The van der Waals surface area contributed by atoms with E-state index in [2.05, 4.69) is 15.3 Å². The molecule has 0 amide bonds. The maximum atomic E-state index is 10.9. The molecule has 0 radical (unpaired) electrons. The number of aryl methyl sites for hydroxylation is 1. The van der Waals surface area contributed by atoms with Crippen LogP contribution in [0.1, 0.15) is 11.4 Å². The summed E-state index contributed by atoms with van der Waals surface area (Å²) >= 11 is 5.83. The zero-order valence-corrected chi connectivity index (χ0v) is 10.9. The Hall–Kier alpha value is -2.21. The molecular formula is C12H11ClN4O2. The first-order valence-electron chi connectivity index (χ1n) is 5.51. The van der Waals surface area contributed by atoms with Gasteiger partial charge in [0, 0.05) is 17.3 Å². The summed E-state index contributed by atoms with van der Waals surface area (Å²) in [4.78, 5) is 18.7. The summed E-state index contributed by atoms with van der Waals surface area (Å²) in [5.74, 6) is 0. The molecule has 6 nitrogen and oxygen atoms in total. The summed E-state index contributed by atoms with van der Waals surface area (Å²) in [6.07, 6.45) is 3.27. The third-order valence-corrected chi connectivity index (χ3v) is 2.68. The van der Waals surface area contributed by atoms with Crippen molar-refractivity contribution in [3.8, 4) is 0 Å². The van der Waals surface area contributed by atoms with E-state index in [1.165, 1.54) is 18.2 Å². The van der Waals surface area contributed by atoms with E-state index in [0.717, 1.165) is 5.69 Å². The van der Waals surface area contributed by atoms with Crippen LogP contribution in [-0.4, -0.2) is 14.9 Å². The van der Waals surface area contributed by atoms with Crippen LogP contribution in [0.2, 0.25) is 5.02 Å². The molecule has 0 saturated carbocycles. The molecule has 1 heterocycles. The van der Waals surface area contributed by atoms with Crippen LogP contribution in [0.15, 0.2) is 30.6 Å². The topological polar surface area (TPSA) is 81.0 Å². The van der Waals surface area contributed by atoms with Crippen molar-refractivity contribution in [3.05, 3.63) is 57.1 Å². The van der Waals surface area contributed by atoms with Crippen molar-refractivity contribution in [2.75, 3.05) is 5.32 Å². The van der Waals surface area contributed by atoms with Crippen LogP contribution in [0.25, 0.3) is 0 Å². The minimum atomic E-state index is -0.459. The molecule has 98 valence electrons. The Morgan fingerprint density at radius 3 is 2.79 bits per heavy atom. The van der Waals surface area contributed by atoms with Gasteiger partial charge >= 0.3 is 0 Å². The van der Waals surface area contributed by atoms with Gasteiger partial charge < -0.3 is 5.32 Å². The van der Waals surface area contributed by atoms with Gasteiger partial charge in [-0.05, 0) is 19.1 Å². The quantitative estimate of drug-likeness (QED) is 0.687. The fourth-order valence-corrected chi connectivity index (χ4v) is 1.68. The monoisotopic (exact) mass is 278 g/mol. The second-order valence-corrected chi connectivity index (χ2v) is 4.36. The number of aromatic nitrogens is 2. The van der Waals surface area contributed by atoms with E-state index in [1.54, 1.807) is 12.4 Å². The first-order chi connectivity index (χ1) is 9.06. The highest BCUT2D eigenvalue weighted by Crippen LogP contribution is 2.27. The third kappa shape index (κ3) is 3.38. The van der Waals surface area contributed by atoms with Crippen molar-refractivity contribution in [2.45, 2.75) is 13.5 Å². The van der Waals surface area contributed by atoms with Crippen LogP contribution < -0.4 is 5.32 Å². The number of benzene rings is 1. The molecule has 7 heteroatoms.